The molecule has 0 radical (unpaired) electrons. The first-order valence-corrected chi connectivity index (χ1v) is 11.3. The summed E-state index contributed by atoms with van der Waals surface area (Å²) < 4.78 is 5.60. The van der Waals surface area contributed by atoms with Crippen LogP contribution in [0.4, 0.5) is 11.4 Å². The second-order valence-electron chi connectivity index (χ2n) is 7.79. The Morgan fingerprint density at radius 1 is 0.914 bits per heavy atom. The number of unbranched alkanes of at least 4 members (excludes halogenated alkanes) is 1. The van der Waals surface area contributed by atoms with Gasteiger partial charge < -0.3 is 15.4 Å². The van der Waals surface area contributed by atoms with Crippen LogP contribution in [0, 0.1) is 6.92 Å². The van der Waals surface area contributed by atoms with Crippen LogP contribution in [-0.4, -0.2) is 30.5 Å². The summed E-state index contributed by atoms with van der Waals surface area (Å²) in [6.45, 7) is 4.68. The van der Waals surface area contributed by atoms with E-state index in [1.165, 1.54) is 6.21 Å². The third-order valence-electron chi connectivity index (χ3n) is 4.93. The number of carbonyl (C=O) groups is 3. The van der Waals surface area contributed by atoms with Crippen LogP contribution in [-0.2, 0) is 9.59 Å². The van der Waals surface area contributed by atoms with Gasteiger partial charge in [0.25, 0.3) is 5.91 Å². The summed E-state index contributed by atoms with van der Waals surface area (Å²) in [6.07, 6.45) is 3.47. The van der Waals surface area contributed by atoms with Crippen molar-refractivity contribution in [3.8, 4) is 5.75 Å². The van der Waals surface area contributed by atoms with Crippen LogP contribution in [0.5, 0.6) is 5.75 Å². The molecule has 8 nitrogen and oxygen atoms in total. The SMILES string of the molecule is CCCCOc1ccc(C=NNC(=O)C(=O)Nc2ccccc2C(=O)Nc2cccc(C)c2)cc1. The molecule has 0 saturated heterocycles. The molecule has 8 heteroatoms. The van der Waals surface area contributed by atoms with Gasteiger partial charge in [0.15, 0.2) is 0 Å². The molecule has 3 aromatic rings. The number of hydrogen-bond acceptors (Lipinski definition) is 5. The largest absolute Gasteiger partial charge is 0.494 e. The number of rotatable bonds is 9. The van der Waals surface area contributed by atoms with Gasteiger partial charge >= 0.3 is 11.8 Å². The van der Waals surface area contributed by atoms with Crippen molar-refractivity contribution < 1.29 is 19.1 Å². The van der Waals surface area contributed by atoms with Crippen molar-refractivity contribution in [3.05, 3.63) is 89.5 Å². The Hall–Kier alpha value is -4.46. The van der Waals surface area contributed by atoms with Crippen molar-refractivity contribution in [2.75, 3.05) is 17.2 Å². The Morgan fingerprint density at radius 2 is 1.69 bits per heavy atom. The maximum absolute atomic E-state index is 12.7. The number of benzene rings is 3. The lowest BCUT2D eigenvalue weighted by Crippen LogP contribution is -2.33. The molecular formula is C27H28N4O4. The van der Waals surface area contributed by atoms with E-state index in [0.29, 0.717) is 12.3 Å². The van der Waals surface area contributed by atoms with Crippen LogP contribution in [0.3, 0.4) is 0 Å². The van der Waals surface area contributed by atoms with Gasteiger partial charge in [-0.25, -0.2) is 5.43 Å². The molecule has 0 aliphatic heterocycles. The number of hydrogen-bond donors (Lipinski definition) is 3. The Labute approximate surface area is 204 Å². The van der Waals surface area contributed by atoms with Crippen LogP contribution in [0.25, 0.3) is 0 Å². The van der Waals surface area contributed by atoms with Gasteiger partial charge in [0.05, 0.1) is 24.1 Å². The fraction of sp³-hybridized carbons (Fsp3) is 0.185. The maximum atomic E-state index is 12.7. The number of para-hydroxylation sites is 1. The molecule has 180 valence electrons. The summed E-state index contributed by atoms with van der Waals surface area (Å²) >= 11 is 0. The number of aryl methyl sites for hydroxylation is 1. The third kappa shape index (κ3) is 7.82. The number of nitrogens with zero attached hydrogens (tertiary/aromatic N) is 1. The Kier molecular flexibility index (Phi) is 9.13. The summed E-state index contributed by atoms with van der Waals surface area (Å²) in [5.74, 6) is -1.57. The first-order chi connectivity index (χ1) is 17.0. The highest BCUT2D eigenvalue weighted by molar-refractivity contribution is 6.40. The molecule has 3 aromatic carbocycles. The zero-order chi connectivity index (χ0) is 25.0. The van der Waals surface area contributed by atoms with Gasteiger partial charge in [-0.15, -0.1) is 0 Å². The summed E-state index contributed by atoms with van der Waals surface area (Å²) in [7, 11) is 0. The second-order valence-corrected chi connectivity index (χ2v) is 7.79. The lowest BCUT2D eigenvalue weighted by atomic mass is 10.1. The Morgan fingerprint density at radius 3 is 2.43 bits per heavy atom. The van der Waals surface area contributed by atoms with E-state index in [-0.39, 0.29) is 11.3 Å². The fourth-order valence-electron chi connectivity index (χ4n) is 3.09. The molecule has 3 amide bonds. The molecule has 0 heterocycles. The highest BCUT2D eigenvalue weighted by Crippen LogP contribution is 2.18. The third-order valence-corrected chi connectivity index (χ3v) is 4.93. The molecule has 0 saturated carbocycles. The van der Waals surface area contributed by atoms with E-state index >= 15 is 0 Å². The van der Waals surface area contributed by atoms with Crippen molar-refractivity contribution in [2.24, 2.45) is 5.10 Å². The number of ether oxygens (including phenoxy) is 1. The topological polar surface area (TPSA) is 109 Å². The fourth-order valence-corrected chi connectivity index (χ4v) is 3.09. The first-order valence-electron chi connectivity index (χ1n) is 11.3. The molecule has 3 N–H and O–H groups in total. The predicted molar refractivity (Wildman–Crippen MR) is 137 cm³/mol. The lowest BCUT2D eigenvalue weighted by molar-refractivity contribution is -0.136. The molecule has 35 heavy (non-hydrogen) atoms. The molecule has 3 rings (SSSR count). The Balaban J connectivity index is 1.56. The van der Waals surface area contributed by atoms with Gasteiger partial charge in [0, 0.05) is 5.69 Å². The number of amides is 3. The zero-order valence-corrected chi connectivity index (χ0v) is 19.7. The maximum Gasteiger partial charge on any atom is 0.329 e. The zero-order valence-electron chi connectivity index (χ0n) is 19.7. The summed E-state index contributed by atoms with van der Waals surface area (Å²) in [6, 6.07) is 21.0. The molecule has 0 atom stereocenters. The van der Waals surface area contributed by atoms with Crippen LogP contribution in [0.1, 0.15) is 41.3 Å². The van der Waals surface area contributed by atoms with E-state index in [9.17, 15) is 14.4 Å². The van der Waals surface area contributed by atoms with E-state index < -0.39 is 17.7 Å². The number of carbonyl (C=O) groups excluding carboxylic acids is 3. The van der Waals surface area contributed by atoms with Crippen molar-refractivity contribution >= 4 is 35.3 Å². The molecule has 0 fully saturated rings. The molecule has 0 aliphatic carbocycles. The highest BCUT2D eigenvalue weighted by atomic mass is 16.5. The van der Waals surface area contributed by atoms with E-state index in [0.717, 1.165) is 29.7 Å². The predicted octanol–water partition coefficient (Wildman–Crippen LogP) is 4.52. The summed E-state index contributed by atoms with van der Waals surface area (Å²) in [4.78, 5) is 37.3. The summed E-state index contributed by atoms with van der Waals surface area (Å²) in [5.41, 5.74) is 4.97. The minimum absolute atomic E-state index is 0.209. The molecule has 0 unspecified atom stereocenters. The van der Waals surface area contributed by atoms with Crippen LogP contribution < -0.4 is 20.8 Å². The lowest BCUT2D eigenvalue weighted by Gasteiger charge is -2.11. The number of anilines is 2. The normalized spacial score (nSPS) is 10.6. The van der Waals surface area contributed by atoms with Crippen molar-refractivity contribution in [2.45, 2.75) is 26.7 Å². The van der Waals surface area contributed by atoms with Crippen molar-refractivity contribution in [1.29, 1.82) is 0 Å². The average Bonchev–Trinajstić information content (AvgIpc) is 2.85. The number of nitrogens with one attached hydrogen (secondary N) is 3. The van der Waals surface area contributed by atoms with Crippen LogP contribution in [0.2, 0.25) is 0 Å². The molecule has 0 aromatic heterocycles. The average molecular weight is 473 g/mol. The molecular weight excluding hydrogens is 444 g/mol. The van der Waals surface area contributed by atoms with Gasteiger partial charge in [0.2, 0.25) is 0 Å². The minimum atomic E-state index is -0.963. The van der Waals surface area contributed by atoms with Gasteiger partial charge in [-0.2, -0.15) is 5.10 Å². The molecule has 0 spiro atoms. The van der Waals surface area contributed by atoms with E-state index in [1.54, 1.807) is 42.5 Å². The Bertz CT molecular complexity index is 1210. The second kappa shape index (κ2) is 12.7. The van der Waals surface area contributed by atoms with Crippen molar-refractivity contribution in [3.63, 3.8) is 0 Å². The molecule has 0 bridgehead atoms. The van der Waals surface area contributed by atoms with Crippen molar-refractivity contribution in [1.82, 2.24) is 5.43 Å². The van der Waals surface area contributed by atoms with Gasteiger partial charge in [-0.1, -0.05) is 37.6 Å². The van der Waals surface area contributed by atoms with Crippen LogP contribution >= 0.6 is 0 Å². The van der Waals surface area contributed by atoms with Crippen LogP contribution in [0.15, 0.2) is 77.9 Å². The van der Waals surface area contributed by atoms with E-state index in [4.69, 9.17) is 4.74 Å². The quantitative estimate of drug-likeness (QED) is 0.184. The standard InChI is InChI=1S/C27H28N4O4/c1-3-4-16-35-22-14-12-20(13-15-22)18-28-31-27(34)26(33)30-24-11-6-5-10-23(24)25(32)29-21-9-7-8-19(2)17-21/h5-15,17-18H,3-4,16H2,1-2H3,(H,29,32)(H,30,33)(H,31,34). The summed E-state index contributed by atoms with van der Waals surface area (Å²) in [5, 5.41) is 9.08. The minimum Gasteiger partial charge on any atom is -0.494 e. The van der Waals surface area contributed by atoms with Gasteiger partial charge in [0.1, 0.15) is 5.75 Å². The molecule has 0 aliphatic rings. The first kappa shape index (κ1) is 25.2. The highest BCUT2D eigenvalue weighted by Gasteiger charge is 2.17. The van der Waals surface area contributed by atoms with Gasteiger partial charge in [-0.3, -0.25) is 14.4 Å². The monoisotopic (exact) mass is 472 g/mol. The van der Waals surface area contributed by atoms with Gasteiger partial charge in [-0.05, 0) is 73.0 Å². The number of hydrazone groups is 1. The smallest absolute Gasteiger partial charge is 0.329 e. The van der Waals surface area contributed by atoms with E-state index in [2.05, 4.69) is 28.1 Å². The van der Waals surface area contributed by atoms with E-state index in [1.807, 2.05) is 37.3 Å².